The molecule has 0 N–H and O–H groups in total. The third kappa shape index (κ3) is 2.91. The number of hydrogen-bond acceptors (Lipinski definition) is 2. The van der Waals surface area contributed by atoms with Crippen molar-refractivity contribution in [2.24, 2.45) is 0 Å². The van der Waals surface area contributed by atoms with Gasteiger partial charge >= 0.3 is 7.12 Å². The maximum absolute atomic E-state index is 14.3. The maximum atomic E-state index is 14.3. The van der Waals surface area contributed by atoms with E-state index in [4.69, 9.17) is 9.31 Å². The van der Waals surface area contributed by atoms with E-state index in [1.54, 1.807) is 24.3 Å². The van der Waals surface area contributed by atoms with Crippen LogP contribution in [-0.4, -0.2) is 18.3 Å². The first-order chi connectivity index (χ1) is 10.7. The molecule has 0 unspecified atom stereocenters. The van der Waals surface area contributed by atoms with Crippen molar-refractivity contribution in [3.8, 4) is 11.1 Å². The fourth-order valence-electron chi connectivity index (χ4n) is 2.54. The Kier molecular flexibility index (Phi) is 3.81. The van der Waals surface area contributed by atoms with Crippen LogP contribution < -0.4 is 5.46 Å². The Morgan fingerprint density at radius 3 is 2.04 bits per heavy atom. The highest BCUT2D eigenvalue weighted by molar-refractivity contribution is 6.62. The molecule has 0 bridgehead atoms. The standard InChI is InChI=1S/C18H19BF2O2/c1-17(2)18(3,4)23-19(22-17)15-11-13(8-9-16(15)21)12-6-5-7-14(20)10-12/h5-11H,1-4H3. The second-order valence-corrected chi connectivity index (χ2v) is 6.83. The van der Waals surface area contributed by atoms with Crippen LogP contribution in [0.2, 0.25) is 0 Å². The van der Waals surface area contributed by atoms with Crippen LogP contribution in [0, 0.1) is 11.6 Å². The van der Waals surface area contributed by atoms with Gasteiger partial charge in [-0.05, 0) is 57.0 Å². The van der Waals surface area contributed by atoms with Gasteiger partial charge in [0.1, 0.15) is 11.6 Å². The molecule has 0 atom stereocenters. The lowest BCUT2D eigenvalue weighted by Crippen LogP contribution is -2.41. The Morgan fingerprint density at radius 1 is 0.826 bits per heavy atom. The van der Waals surface area contributed by atoms with Gasteiger partial charge < -0.3 is 9.31 Å². The van der Waals surface area contributed by atoms with Gasteiger partial charge in [-0.25, -0.2) is 8.78 Å². The van der Waals surface area contributed by atoms with E-state index in [1.165, 1.54) is 18.2 Å². The topological polar surface area (TPSA) is 18.5 Å². The van der Waals surface area contributed by atoms with Crippen LogP contribution in [0.4, 0.5) is 8.78 Å². The van der Waals surface area contributed by atoms with Gasteiger partial charge in [0.05, 0.1) is 11.2 Å². The van der Waals surface area contributed by atoms with Gasteiger partial charge in [0, 0.05) is 5.46 Å². The van der Waals surface area contributed by atoms with Gasteiger partial charge in [0.25, 0.3) is 0 Å². The monoisotopic (exact) mass is 316 g/mol. The third-order valence-corrected chi connectivity index (χ3v) is 4.66. The molecule has 0 saturated carbocycles. The van der Waals surface area contributed by atoms with Gasteiger partial charge in [0.15, 0.2) is 0 Å². The van der Waals surface area contributed by atoms with Crippen LogP contribution in [0.1, 0.15) is 27.7 Å². The molecule has 2 aromatic rings. The van der Waals surface area contributed by atoms with Gasteiger partial charge in [0.2, 0.25) is 0 Å². The normalized spacial score (nSPS) is 19.1. The molecule has 0 amide bonds. The first kappa shape index (κ1) is 16.2. The van der Waals surface area contributed by atoms with Gasteiger partial charge in [-0.2, -0.15) is 0 Å². The molecule has 1 aliphatic rings. The summed E-state index contributed by atoms with van der Waals surface area (Å²) in [6.45, 7) is 7.67. The van der Waals surface area contributed by atoms with E-state index >= 15 is 0 Å². The van der Waals surface area contributed by atoms with Crippen molar-refractivity contribution in [2.75, 3.05) is 0 Å². The van der Waals surface area contributed by atoms with Crippen molar-refractivity contribution < 1.29 is 18.1 Å². The molecule has 1 saturated heterocycles. The zero-order chi connectivity index (χ0) is 16.8. The fourth-order valence-corrected chi connectivity index (χ4v) is 2.54. The summed E-state index contributed by atoms with van der Waals surface area (Å²) in [4.78, 5) is 0. The van der Waals surface area contributed by atoms with Crippen LogP contribution >= 0.6 is 0 Å². The average molecular weight is 316 g/mol. The van der Waals surface area contributed by atoms with Crippen molar-refractivity contribution in [2.45, 2.75) is 38.9 Å². The van der Waals surface area contributed by atoms with Crippen molar-refractivity contribution in [1.29, 1.82) is 0 Å². The summed E-state index contributed by atoms with van der Waals surface area (Å²) in [5.41, 5.74) is 0.640. The zero-order valence-electron chi connectivity index (χ0n) is 13.7. The molecule has 23 heavy (non-hydrogen) atoms. The predicted octanol–water partition coefficient (Wildman–Crippen LogP) is 3.93. The predicted molar refractivity (Wildman–Crippen MR) is 87.5 cm³/mol. The zero-order valence-corrected chi connectivity index (χ0v) is 13.7. The fraction of sp³-hybridized carbons (Fsp3) is 0.333. The van der Waals surface area contributed by atoms with Crippen molar-refractivity contribution in [3.63, 3.8) is 0 Å². The SMILES string of the molecule is CC1(C)OB(c2cc(-c3cccc(F)c3)ccc2F)OC1(C)C. The van der Waals surface area contributed by atoms with E-state index in [9.17, 15) is 8.78 Å². The molecule has 120 valence electrons. The second kappa shape index (κ2) is 5.43. The lowest BCUT2D eigenvalue weighted by molar-refractivity contribution is 0.00578. The smallest absolute Gasteiger partial charge is 0.399 e. The number of benzene rings is 2. The molecule has 2 aromatic carbocycles. The maximum Gasteiger partial charge on any atom is 0.497 e. The molecule has 0 aliphatic carbocycles. The molecular formula is C18H19BF2O2. The minimum absolute atomic E-state index is 0.324. The summed E-state index contributed by atoms with van der Waals surface area (Å²) in [5, 5.41) is 0. The quantitative estimate of drug-likeness (QED) is 0.782. The second-order valence-electron chi connectivity index (χ2n) is 6.83. The first-order valence-electron chi connectivity index (χ1n) is 7.61. The van der Waals surface area contributed by atoms with Gasteiger partial charge in [-0.3, -0.25) is 0 Å². The summed E-state index contributed by atoms with van der Waals surface area (Å²) in [7, 11) is -0.784. The average Bonchev–Trinajstić information content (AvgIpc) is 2.67. The van der Waals surface area contributed by atoms with E-state index in [-0.39, 0.29) is 5.82 Å². The summed E-state index contributed by atoms with van der Waals surface area (Å²) in [5.74, 6) is -0.729. The number of rotatable bonds is 2. The lowest BCUT2D eigenvalue weighted by Gasteiger charge is -2.32. The van der Waals surface area contributed by atoms with Crippen LogP contribution in [0.3, 0.4) is 0 Å². The molecular weight excluding hydrogens is 297 g/mol. The van der Waals surface area contributed by atoms with Crippen LogP contribution in [0.25, 0.3) is 11.1 Å². The Bertz CT molecular complexity index is 728. The largest absolute Gasteiger partial charge is 0.497 e. The molecule has 5 heteroatoms. The van der Waals surface area contributed by atoms with Crippen LogP contribution in [0.15, 0.2) is 42.5 Å². The Balaban J connectivity index is 2.00. The number of hydrogen-bond donors (Lipinski definition) is 0. The Morgan fingerprint density at radius 2 is 1.43 bits per heavy atom. The van der Waals surface area contributed by atoms with Gasteiger partial charge in [-0.1, -0.05) is 24.3 Å². The first-order valence-corrected chi connectivity index (χ1v) is 7.61. The number of halogens is 2. The Hall–Kier alpha value is -1.72. The van der Waals surface area contributed by atoms with Gasteiger partial charge in [-0.15, -0.1) is 0 Å². The van der Waals surface area contributed by atoms with Crippen molar-refractivity contribution in [1.82, 2.24) is 0 Å². The summed E-state index contributed by atoms with van der Waals surface area (Å²) in [6, 6.07) is 10.8. The van der Waals surface area contributed by atoms with E-state index in [1.807, 2.05) is 27.7 Å². The van der Waals surface area contributed by atoms with Crippen molar-refractivity contribution in [3.05, 3.63) is 54.1 Å². The van der Waals surface area contributed by atoms with Crippen LogP contribution in [0.5, 0.6) is 0 Å². The molecule has 0 radical (unpaired) electrons. The van der Waals surface area contributed by atoms with E-state index in [2.05, 4.69) is 0 Å². The highest BCUT2D eigenvalue weighted by atomic mass is 19.1. The molecule has 2 nitrogen and oxygen atoms in total. The van der Waals surface area contributed by atoms with E-state index < -0.39 is 24.1 Å². The summed E-state index contributed by atoms with van der Waals surface area (Å²) in [6.07, 6.45) is 0. The minimum atomic E-state index is -0.784. The van der Waals surface area contributed by atoms with Crippen molar-refractivity contribution >= 4 is 12.6 Å². The summed E-state index contributed by atoms with van der Waals surface area (Å²) < 4.78 is 39.5. The third-order valence-electron chi connectivity index (χ3n) is 4.66. The highest BCUT2D eigenvalue weighted by Gasteiger charge is 2.52. The molecule has 0 spiro atoms. The molecule has 3 rings (SSSR count). The molecule has 0 aromatic heterocycles. The van der Waals surface area contributed by atoms with Crippen LogP contribution in [-0.2, 0) is 9.31 Å². The molecule has 1 heterocycles. The van der Waals surface area contributed by atoms with E-state index in [0.29, 0.717) is 11.0 Å². The summed E-state index contributed by atoms with van der Waals surface area (Å²) >= 11 is 0. The Labute approximate surface area is 135 Å². The van der Waals surface area contributed by atoms with E-state index in [0.717, 1.165) is 5.56 Å². The lowest BCUT2D eigenvalue weighted by atomic mass is 9.77. The molecule has 1 aliphatic heterocycles. The molecule has 1 fully saturated rings. The minimum Gasteiger partial charge on any atom is -0.399 e. The highest BCUT2D eigenvalue weighted by Crippen LogP contribution is 2.37.